The fraction of sp³-hybridized carbons (Fsp3) is 0.667. The van der Waals surface area contributed by atoms with Gasteiger partial charge in [0.2, 0.25) is 5.91 Å². The zero-order valence-electron chi connectivity index (χ0n) is 12.3. The number of likely N-dealkylation sites (tertiary alicyclic amines) is 1. The molecule has 1 aliphatic rings. The van der Waals surface area contributed by atoms with Gasteiger partial charge in [-0.2, -0.15) is 0 Å². The second-order valence-electron chi connectivity index (χ2n) is 5.93. The first kappa shape index (κ1) is 15.1. The molecule has 1 saturated heterocycles. The summed E-state index contributed by atoms with van der Waals surface area (Å²) in [5, 5.41) is 13.0. The lowest BCUT2D eigenvalue weighted by atomic mass is 9.98. The Labute approximate surface area is 119 Å². The average molecular weight is 280 g/mol. The van der Waals surface area contributed by atoms with Crippen LogP contribution < -0.4 is 5.32 Å². The Kier molecular flexibility index (Phi) is 4.83. The van der Waals surface area contributed by atoms with Gasteiger partial charge in [0, 0.05) is 6.54 Å². The van der Waals surface area contributed by atoms with E-state index in [9.17, 15) is 9.90 Å². The fourth-order valence-corrected chi connectivity index (χ4v) is 2.58. The molecular formula is C15H24N2O3. The van der Waals surface area contributed by atoms with Crippen LogP contribution in [0.4, 0.5) is 0 Å². The van der Waals surface area contributed by atoms with Gasteiger partial charge in [-0.25, -0.2) is 0 Å². The Hall–Kier alpha value is -1.33. The van der Waals surface area contributed by atoms with Crippen LogP contribution in [0.25, 0.3) is 0 Å². The lowest BCUT2D eigenvalue weighted by Crippen LogP contribution is -2.39. The smallest absolute Gasteiger partial charge is 0.234 e. The Bertz CT molecular complexity index is 428. The maximum absolute atomic E-state index is 12.0. The zero-order chi connectivity index (χ0) is 14.6. The van der Waals surface area contributed by atoms with E-state index in [0.717, 1.165) is 31.7 Å². The molecule has 2 atom stereocenters. The summed E-state index contributed by atoms with van der Waals surface area (Å²) in [7, 11) is 0. The van der Waals surface area contributed by atoms with E-state index in [1.807, 2.05) is 26.0 Å². The second-order valence-corrected chi connectivity index (χ2v) is 5.93. The summed E-state index contributed by atoms with van der Waals surface area (Å²) in [4.78, 5) is 14.1. The molecule has 112 valence electrons. The molecule has 0 radical (unpaired) electrons. The number of carbonyl (C=O) groups excluding carboxylic acids is 1. The van der Waals surface area contributed by atoms with Gasteiger partial charge >= 0.3 is 0 Å². The summed E-state index contributed by atoms with van der Waals surface area (Å²) >= 11 is 0. The van der Waals surface area contributed by atoms with Gasteiger partial charge in [0.25, 0.3) is 0 Å². The van der Waals surface area contributed by atoms with E-state index in [2.05, 4.69) is 10.2 Å². The number of furan rings is 1. The monoisotopic (exact) mass is 280 g/mol. The molecule has 1 fully saturated rings. The summed E-state index contributed by atoms with van der Waals surface area (Å²) in [6.45, 7) is 5.77. The molecule has 0 spiro atoms. The van der Waals surface area contributed by atoms with Crippen LogP contribution in [-0.4, -0.2) is 41.1 Å². The van der Waals surface area contributed by atoms with E-state index in [4.69, 9.17) is 4.42 Å². The number of hydrogen-bond donors (Lipinski definition) is 2. The summed E-state index contributed by atoms with van der Waals surface area (Å²) in [5.41, 5.74) is -0.591. The minimum Gasteiger partial charge on any atom is -0.467 e. The van der Waals surface area contributed by atoms with Crippen molar-refractivity contribution in [1.29, 1.82) is 0 Å². The fourth-order valence-electron chi connectivity index (χ4n) is 2.58. The molecule has 2 rings (SSSR count). The van der Waals surface area contributed by atoms with Crippen molar-refractivity contribution in [3.63, 3.8) is 0 Å². The number of nitrogens with zero attached hydrogens (tertiary/aromatic N) is 1. The maximum Gasteiger partial charge on any atom is 0.234 e. The highest BCUT2D eigenvalue weighted by molar-refractivity contribution is 5.78. The van der Waals surface area contributed by atoms with Crippen LogP contribution in [0.1, 0.15) is 44.9 Å². The van der Waals surface area contributed by atoms with Crippen molar-refractivity contribution >= 4 is 5.91 Å². The quantitative estimate of drug-likeness (QED) is 0.881. The first-order valence-electron chi connectivity index (χ1n) is 7.24. The number of hydrogen-bond acceptors (Lipinski definition) is 4. The molecule has 1 aromatic heterocycles. The highest BCUT2D eigenvalue weighted by Crippen LogP contribution is 2.21. The van der Waals surface area contributed by atoms with Gasteiger partial charge in [-0.3, -0.25) is 9.69 Å². The van der Waals surface area contributed by atoms with Crippen molar-refractivity contribution in [2.75, 3.05) is 19.6 Å². The van der Waals surface area contributed by atoms with Crippen molar-refractivity contribution in [3.05, 3.63) is 24.2 Å². The summed E-state index contributed by atoms with van der Waals surface area (Å²) < 4.78 is 5.27. The van der Waals surface area contributed by atoms with Crippen molar-refractivity contribution in [2.45, 2.75) is 44.8 Å². The predicted molar refractivity (Wildman–Crippen MR) is 76.2 cm³/mol. The molecular weight excluding hydrogens is 256 g/mol. The lowest BCUT2D eigenvalue weighted by Gasteiger charge is -2.22. The number of nitrogens with one attached hydrogen (secondary N) is 1. The number of aliphatic hydroxyl groups is 1. The predicted octanol–water partition coefficient (Wildman–Crippen LogP) is 1.69. The molecule has 0 aliphatic carbocycles. The minimum atomic E-state index is -0.591. The summed E-state index contributed by atoms with van der Waals surface area (Å²) in [5.74, 6) is 0.757. The van der Waals surface area contributed by atoms with Gasteiger partial charge in [-0.1, -0.05) is 0 Å². The summed E-state index contributed by atoms with van der Waals surface area (Å²) in [6.07, 6.45) is 4.05. The third kappa shape index (κ3) is 4.35. The Morgan fingerprint density at radius 1 is 1.55 bits per heavy atom. The van der Waals surface area contributed by atoms with E-state index in [1.165, 1.54) is 0 Å². The molecule has 2 heterocycles. The SMILES string of the molecule is CC(NC(=O)CN1CCCC(C)(O)CC1)c1ccco1. The van der Waals surface area contributed by atoms with Crippen molar-refractivity contribution in [1.82, 2.24) is 10.2 Å². The molecule has 0 aromatic carbocycles. The van der Waals surface area contributed by atoms with E-state index in [0.29, 0.717) is 13.0 Å². The molecule has 2 unspecified atom stereocenters. The Balaban J connectivity index is 1.79. The molecule has 2 N–H and O–H groups in total. The van der Waals surface area contributed by atoms with Crippen LogP contribution in [0.15, 0.2) is 22.8 Å². The highest BCUT2D eigenvalue weighted by Gasteiger charge is 2.26. The minimum absolute atomic E-state index is 0.00422. The molecule has 5 nitrogen and oxygen atoms in total. The molecule has 20 heavy (non-hydrogen) atoms. The van der Waals surface area contributed by atoms with Crippen molar-refractivity contribution in [3.8, 4) is 0 Å². The Morgan fingerprint density at radius 3 is 3.05 bits per heavy atom. The van der Waals surface area contributed by atoms with E-state index in [-0.39, 0.29) is 11.9 Å². The van der Waals surface area contributed by atoms with Crippen LogP contribution in [0.5, 0.6) is 0 Å². The van der Waals surface area contributed by atoms with Crippen LogP contribution >= 0.6 is 0 Å². The zero-order valence-corrected chi connectivity index (χ0v) is 12.3. The highest BCUT2D eigenvalue weighted by atomic mass is 16.3. The van der Waals surface area contributed by atoms with Crippen LogP contribution in [0.3, 0.4) is 0 Å². The van der Waals surface area contributed by atoms with Gasteiger partial charge in [-0.15, -0.1) is 0 Å². The molecule has 1 amide bonds. The van der Waals surface area contributed by atoms with Crippen LogP contribution in [0.2, 0.25) is 0 Å². The van der Waals surface area contributed by atoms with Gasteiger partial charge in [0.1, 0.15) is 5.76 Å². The second kappa shape index (κ2) is 6.41. The van der Waals surface area contributed by atoms with Crippen molar-refractivity contribution in [2.24, 2.45) is 0 Å². The topological polar surface area (TPSA) is 65.7 Å². The van der Waals surface area contributed by atoms with E-state index >= 15 is 0 Å². The molecule has 1 aromatic rings. The van der Waals surface area contributed by atoms with Gasteiger partial charge in [0.05, 0.1) is 24.5 Å². The van der Waals surface area contributed by atoms with E-state index < -0.39 is 5.60 Å². The molecule has 1 aliphatic heterocycles. The number of rotatable bonds is 4. The largest absolute Gasteiger partial charge is 0.467 e. The van der Waals surface area contributed by atoms with Gasteiger partial charge in [0.15, 0.2) is 0 Å². The summed E-state index contributed by atoms with van der Waals surface area (Å²) in [6, 6.07) is 3.55. The Morgan fingerprint density at radius 2 is 2.35 bits per heavy atom. The number of amides is 1. The molecule has 0 bridgehead atoms. The number of carbonyl (C=O) groups is 1. The van der Waals surface area contributed by atoms with E-state index in [1.54, 1.807) is 6.26 Å². The third-order valence-electron chi connectivity index (χ3n) is 3.87. The third-order valence-corrected chi connectivity index (χ3v) is 3.87. The normalized spacial score (nSPS) is 25.9. The van der Waals surface area contributed by atoms with Gasteiger partial charge < -0.3 is 14.8 Å². The van der Waals surface area contributed by atoms with Crippen molar-refractivity contribution < 1.29 is 14.3 Å². The maximum atomic E-state index is 12.0. The van der Waals surface area contributed by atoms with Crippen LogP contribution in [0, 0.1) is 0 Å². The lowest BCUT2D eigenvalue weighted by molar-refractivity contribution is -0.123. The molecule has 5 heteroatoms. The first-order valence-corrected chi connectivity index (χ1v) is 7.24. The van der Waals surface area contributed by atoms with Gasteiger partial charge in [-0.05, 0) is 51.8 Å². The average Bonchev–Trinajstić information content (AvgIpc) is 2.84. The standard InChI is InChI=1S/C15H24N2O3/c1-12(13-5-3-10-20-13)16-14(18)11-17-8-4-6-15(2,19)7-9-17/h3,5,10,12,19H,4,6-9,11H2,1-2H3,(H,16,18). The first-order chi connectivity index (χ1) is 9.46. The van der Waals surface area contributed by atoms with Crippen LogP contribution in [-0.2, 0) is 4.79 Å². The molecule has 0 saturated carbocycles.